The number of thiazole rings is 1. The van der Waals surface area contributed by atoms with E-state index >= 15 is 0 Å². The fourth-order valence-electron chi connectivity index (χ4n) is 3.38. The van der Waals surface area contributed by atoms with Crippen LogP contribution in [0.4, 0.5) is 0 Å². The molecule has 0 saturated carbocycles. The quantitative estimate of drug-likeness (QED) is 0.785. The highest BCUT2D eigenvalue weighted by atomic mass is 32.1. The van der Waals surface area contributed by atoms with E-state index in [1.807, 2.05) is 16.8 Å². The maximum atomic E-state index is 4.52. The summed E-state index contributed by atoms with van der Waals surface area (Å²) in [7, 11) is 0. The monoisotopic (exact) mass is 236 g/mol. The molecule has 0 bridgehead atoms. The number of hydrogen-bond acceptors (Lipinski definition) is 3. The number of nitrogens with zero attached hydrogens (tertiary/aromatic N) is 2. The normalized spacial score (nSPS) is 29.8. The third kappa shape index (κ3) is 1.80. The molecule has 1 fully saturated rings. The third-order valence-electron chi connectivity index (χ3n) is 4.12. The minimum atomic E-state index is 0.821. The molecule has 2 aliphatic rings. The molecule has 16 heavy (non-hydrogen) atoms. The van der Waals surface area contributed by atoms with Crippen molar-refractivity contribution in [1.82, 2.24) is 9.88 Å². The first-order valence-electron chi connectivity index (χ1n) is 6.53. The highest BCUT2D eigenvalue weighted by molar-refractivity contribution is 7.09. The van der Waals surface area contributed by atoms with Gasteiger partial charge in [0.25, 0.3) is 0 Å². The van der Waals surface area contributed by atoms with E-state index in [0.717, 1.165) is 12.0 Å². The summed E-state index contributed by atoms with van der Waals surface area (Å²) in [5.74, 6) is 0.884. The summed E-state index contributed by atoms with van der Waals surface area (Å²) in [6, 6.07) is 0.821. The Morgan fingerprint density at radius 3 is 3.31 bits per heavy atom. The molecule has 1 aromatic heterocycles. The molecule has 3 heteroatoms. The van der Waals surface area contributed by atoms with Gasteiger partial charge in [-0.25, -0.2) is 4.98 Å². The first-order valence-corrected chi connectivity index (χ1v) is 7.41. The molecule has 0 N–H and O–H groups in total. The first-order chi connectivity index (χ1) is 7.88. The predicted molar refractivity (Wildman–Crippen MR) is 67.9 cm³/mol. The van der Waals surface area contributed by atoms with E-state index < -0.39 is 0 Å². The van der Waals surface area contributed by atoms with Crippen molar-refractivity contribution in [3.8, 4) is 0 Å². The Morgan fingerprint density at radius 2 is 2.44 bits per heavy atom. The highest BCUT2D eigenvalue weighted by Gasteiger charge is 2.35. The van der Waals surface area contributed by atoms with Gasteiger partial charge >= 0.3 is 0 Å². The zero-order valence-corrected chi connectivity index (χ0v) is 10.8. The predicted octanol–water partition coefficient (Wildman–Crippen LogP) is 2.73. The van der Waals surface area contributed by atoms with Crippen molar-refractivity contribution >= 4 is 11.3 Å². The number of fused-ring (bicyclic) bond motifs is 2. The third-order valence-corrected chi connectivity index (χ3v) is 5.02. The highest BCUT2D eigenvalue weighted by Crippen LogP contribution is 2.35. The molecule has 0 aromatic carbocycles. The second-order valence-corrected chi connectivity index (χ2v) is 6.08. The fraction of sp³-hybridized carbons (Fsp3) is 0.769. The Hall–Kier alpha value is -0.410. The first kappa shape index (κ1) is 10.7. The lowest BCUT2D eigenvalue weighted by Crippen LogP contribution is -2.49. The van der Waals surface area contributed by atoms with Gasteiger partial charge in [0.1, 0.15) is 0 Å². The zero-order valence-electron chi connectivity index (χ0n) is 9.98. The summed E-state index contributed by atoms with van der Waals surface area (Å²) in [4.78, 5) is 8.81. The van der Waals surface area contributed by atoms with Crippen molar-refractivity contribution in [2.75, 3.05) is 13.1 Å². The van der Waals surface area contributed by atoms with E-state index in [2.05, 4.69) is 16.8 Å². The van der Waals surface area contributed by atoms with E-state index in [-0.39, 0.29) is 0 Å². The van der Waals surface area contributed by atoms with Crippen molar-refractivity contribution < 1.29 is 0 Å². The Morgan fingerprint density at radius 1 is 1.50 bits per heavy atom. The number of rotatable bonds is 2. The summed E-state index contributed by atoms with van der Waals surface area (Å²) in [6.07, 6.45) is 6.61. The summed E-state index contributed by atoms with van der Waals surface area (Å²) >= 11 is 1.86. The van der Waals surface area contributed by atoms with Crippen LogP contribution < -0.4 is 0 Å². The van der Waals surface area contributed by atoms with Gasteiger partial charge in [0, 0.05) is 10.9 Å². The van der Waals surface area contributed by atoms with E-state index in [9.17, 15) is 0 Å². The summed E-state index contributed by atoms with van der Waals surface area (Å²) in [6.45, 7) is 4.91. The lowest BCUT2D eigenvalue weighted by atomic mass is 9.79. The molecule has 0 unspecified atom stereocenters. The van der Waals surface area contributed by atoms with Crippen LogP contribution in [0.2, 0.25) is 0 Å². The summed E-state index contributed by atoms with van der Waals surface area (Å²) < 4.78 is 0. The topological polar surface area (TPSA) is 16.1 Å². The molecule has 3 rings (SSSR count). The second-order valence-electron chi connectivity index (χ2n) is 5.14. The van der Waals surface area contributed by atoms with Crippen molar-refractivity contribution in [1.29, 1.82) is 0 Å². The van der Waals surface area contributed by atoms with Crippen molar-refractivity contribution in [3.05, 3.63) is 16.1 Å². The largest absolute Gasteiger partial charge is 0.300 e. The van der Waals surface area contributed by atoms with E-state index in [1.165, 1.54) is 50.9 Å². The Kier molecular flexibility index (Phi) is 2.99. The number of likely N-dealkylation sites (tertiary alicyclic amines) is 1. The molecular weight excluding hydrogens is 216 g/mol. The lowest BCUT2D eigenvalue weighted by Gasteiger charge is -2.43. The molecule has 0 amide bonds. The molecule has 2 nitrogen and oxygen atoms in total. The maximum absolute atomic E-state index is 4.52. The molecule has 2 heterocycles. The van der Waals surface area contributed by atoms with Gasteiger partial charge in [-0.05, 0) is 51.1 Å². The Bertz CT molecular complexity index is 359. The zero-order chi connectivity index (χ0) is 11.0. The maximum Gasteiger partial charge on any atom is 0.0797 e. The van der Waals surface area contributed by atoms with Crippen LogP contribution in [-0.4, -0.2) is 29.0 Å². The van der Waals surface area contributed by atoms with E-state index in [1.54, 1.807) is 4.88 Å². The molecule has 1 aliphatic heterocycles. The van der Waals surface area contributed by atoms with Gasteiger partial charge < -0.3 is 0 Å². The van der Waals surface area contributed by atoms with Crippen LogP contribution >= 0.6 is 11.3 Å². The van der Waals surface area contributed by atoms with Crippen molar-refractivity contribution in [3.63, 3.8) is 0 Å². The lowest BCUT2D eigenvalue weighted by molar-refractivity contribution is 0.0857. The van der Waals surface area contributed by atoms with Crippen LogP contribution in [0.1, 0.15) is 36.8 Å². The van der Waals surface area contributed by atoms with Gasteiger partial charge in [-0.3, -0.25) is 4.90 Å². The minimum Gasteiger partial charge on any atom is -0.300 e. The number of hydrogen-bond donors (Lipinski definition) is 0. The van der Waals surface area contributed by atoms with Gasteiger partial charge in [-0.2, -0.15) is 0 Å². The molecule has 1 aliphatic carbocycles. The van der Waals surface area contributed by atoms with Gasteiger partial charge in [0.15, 0.2) is 0 Å². The van der Waals surface area contributed by atoms with Crippen LogP contribution in [-0.2, 0) is 12.8 Å². The van der Waals surface area contributed by atoms with Gasteiger partial charge in [-0.1, -0.05) is 6.92 Å². The Labute approximate surface area is 102 Å². The molecule has 0 spiro atoms. The SMILES string of the molecule is CCCN1CCC[C@@H]2Cc3ncsc3C[C@H]21. The van der Waals surface area contributed by atoms with Crippen LogP contribution in [0.5, 0.6) is 0 Å². The van der Waals surface area contributed by atoms with Crippen LogP contribution in [0, 0.1) is 5.92 Å². The fourth-order valence-corrected chi connectivity index (χ4v) is 4.22. The van der Waals surface area contributed by atoms with Crippen LogP contribution in [0.15, 0.2) is 5.51 Å². The number of aromatic nitrogens is 1. The van der Waals surface area contributed by atoms with Gasteiger partial charge in [-0.15, -0.1) is 11.3 Å². The smallest absolute Gasteiger partial charge is 0.0797 e. The summed E-state index contributed by atoms with van der Waals surface area (Å²) in [5, 5.41) is 0. The van der Waals surface area contributed by atoms with Crippen LogP contribution in [0.25, 0.3) is 0 Å². The van der Waals surface area contributed by atoms with E-state index in [4.69, 9.17) is 0 Å². The molecule has 1 saturated heterocycles. The molecule has 1 aromatic rings. The van der Waals surface area contributed by atoms with Gasteiger partial charge in [0.2, 0.25) is 0 Å². The molecule has 0 radical (unpaired) electrons. The average molecular weight is 236 g/mol. The van der Waals surface area contributed by atoms with Crippen molar-refractivity contribution in [2.45, 2.75) is 45.1 Å². The molecule has 88 valence electrons. The second kappa shape index (κ2) is 4.46. The standard InChI is InChI=1S/C13H20N2S/c1-2-5-15-6-3-4-10-7-11-13(8-12(10)15)16-9-14-11/h9-10,12H,2-8H2,1H3/t10-,12-/m1/s1. The molecule has 2 atom stereocenters. The number of piperidine rings is 1. The van der Waals surface area contributed by atoms with Gasteiger partial charge in [0.05, 0.1) is 11.2 Å². The Balaban J connectivity index is 1.81. The molecular formula is C13H20N2S. The van der Waals surface area contributed by atoms with Crippen molar-refractivity contribution in [2.24, 2.45) is 5.92 Å². The summed E-state index contributed by atoms with van der Waals surface area (Å²) in [5.41, 5.74) is 3.44. The van der Waals surface area contributed by atoms with E-state index in [0.29, 0.717) is 0 Å². The average Bonchev–Trinajstić information content (AvgIpc) is 2.74. The van der Waals surface area contributed by atoms with Crippen LogP contribution in [0.3, 0.4) is 0 Å². The minimum absolute atomic E-state index is 0.821.